The third-order valence-corrected chi connectivity index (χ3v) is 4.14. The van der Waals surface area contributed by atoms with Crippen molar-refractivity contribution in [2.75, 3.05) is 31.1 Å². The minimum Gasteiger partial charge on any atom is -0.371 e. The molecule has 1 fully saturated rings. The molecule has 0 amide bonds. The highest BCUT2D eigenvalue weighted by Crippen LogP contribution is 2.28. The SMILES string of the molecule is NC1(CCN2CCc3ccccc32)CCNC1. The Morgan fingerprint density at radius 3 is 3.06 bits per heavy atom. The number of rotatable bonds is 3. The van der Waals surface area contributed by atoms with Gasteiger partial charge in [-0.25, -0.2) is 0 Å². The number of nitrogens with two attached hydrogens (primary N) is 1. The van der Waals surface area contributed by atoms with Crippen LogP contribution in [-0.4, -0.2) is 31.7 Å². The highest BCUT2D eigenvalue weighted by Gasteiger charge is 2.30. The van der Waals surface area contributed by atoms with E-state index in [1.54, 1.807) is 0 Å². The Kier molecular flexibility index (Phi) is 2.81. The monoisotopic (exact) mass is 231 g/mol. The van der Waals surface area contributed by atoms with Crippen molar-refractivity contribution in [1.29, 1.82) is 0 Å². The molecule has 2 aliphatic rings. The summed E-state index contributed by atoms with van der Waals surface area (Å²) in [4.78, 5) is 2.49. The van der Waals surface area contributed by atoms with Crippen LogP contribution in [0, 0.1) is 0 Å². The van der Waals surface area contributed by atoms with Crippen molar-refractivity contribution in [2.45, 2.75) is 24.8 Å². The first-order valence-corrected chi connectivity index (χ1v) is 6.59. The van der Waals surface area contributed by atoms with Crippen LogP contribution in [0.4, 0.5) is 5.69 Å². The Hall–Kier alpha value is -1.06. The van der Waals surface area contributed by atoms with E-state index in [0.717, 1.165) is 39.0 Å². The Labute approximate surface area is 103 Å². The molecule has 3 rings (SSSR count). The summed E-state index contributed by atoms with van der Waals surface area (Å²) in [5.41, 5.74) is 9.30. The van der Waals surface area contributed by atoms with Crippen LogP contribution in [0.3, 0.4) is 0 Å². The maximum atomic E-state index is 6.37. The molecule has 17 heavy (non-hydrogen) atoms. The third-order valence-electron chi connectivity index (χ3n) is 4.14. The van der Waals surface area contributed by atoms with Gasteiger partial charge in [-0.05, 0) is 37.4 Å². The maximum Gasteiger partial charge on any atom is 0.0399 e. The number of hydrogen-bond acceptors (Lipinski definition) is 3. The fourth-order valence-electron chi connectivity index (χ4n) is 2.97. The number of anilines is 1. The van der Waals surface area contributed by atoms with Crippen molar-refractivity contribution in [1.82, 2.24) is 5.32 Å². The zero-order valence-corrected chi connectivity index (χ0v) is 10.3. The Bertz CT molecular complexity index is 396. The predicted octanol–water partition coefficient (Wildman–Crippen LogP) is 1.13. The minimum atomic E-state index is 0.0253. The van der Waals surface area contributed by atoms with Crippen molar-refractivity contribution in [3.05, 3.63) is 29.8 Å². The van der Waals surface area contributed by atoms with E-state index >= 15 is 0 Å². The summed E-state index contributed by atoms with van der Waals surface area (Å²) in [6.45, 7) is 4.30. The zero-order valence-electron chi connectivity index (χ0n) is 10.3. The van der Waals surface area contributed by atoms with E-state index in [4.69, 9.17) is 5.73 Å². The summed E-state index contributed by atoms with van der Waals surface area (Å²) in [5.74, 6) is 0. The molecule has 0 bridgehead atoms. The lowest BCUT2D eigenvalue weighted by molar-refractivity contribution is 0.432. The first kappa shape index (κ1) is 11.1. The van der Waals surface area contributed by atoms with Crippen molar-refractivity contribution in [3.8, 4) is 0 Å². The molecular weight excluding hydrogens is 210 g/mol. The molecule has 1 aromatic rings. The van der Waals surface area contributed by atoms with Crippen molar-refractivity contribution in [2.24, 2.45) is 5.73 Å². The average Bonchev–Trinajstić information content (AvgIpc) is 2.94. The van der Waals surface area contributed by atoms with Crippen LogP contribution >= 0.6 is 0 Å². The lowest BCUT2D eigenvalue weighted by Gasteiger charge is -2.27. The predicted molar refractivity (Wildman–Crippen MR) is 71.4 cm³/mol. The number of fused-ring (bicyclic) bond motifs is 1. The zero-order chi connectivity index (χ0) is 11.7. The minimum absolute atomic E-state index is 0.0253. The van der Waals surface area contributed by atoms with Gasteiger partial charge in [-0.1, -0.05) is 18.2 Å². The summed E-state index contributed by atoms with van der Waals surface area (Å²) in [7, 11) is 0. The van der Waals surface area contributed by atoms with Crippen LogP contribution in [0.2, 0.25) is 0 Å². The summed E-state index contributed by atoms with van der Waals surface area (Å²) in [6.07, 6.45) is 3.39. The first-order chi connectivity index (χ1) is 8.27. The molecule has 2 aliphatic heterocycles. The van der Waals surface area contributed by atoms with Crippen LogP contribution in [0.1, 0.15) is 18.4 Å². The molecule has 1 atom stereocenters. The van der Waals surface area contributed by atoms with E-state index in [0.29, 0.717) is 0 Å². The van der Waals surface area contributed by atoms with Gasteiger partial charge in [0.05, 0.1) is 0 Å². The first-order valence-electron chi connectivity index (χ1n) is 6.59. The second-order valence-electron chi connectivity index (χ2n) is 5.40. The molecule has 0 aromatic heterocycles. The van der Waals surface area contributed by atoms with Gasteiger partial charge in [0, 0.05) is 30.9 Å². The van der Waals surface area contributed by atoms with Gasteiger partial charge < -0.3 is 16.0 Å². The van der Waals surface area contributed by atoms with Gasteiger partial charge in [0.15, 0.2) is 0 Å². The van der Waals surface area contributed by atoms with E-state index in [2.05, 4.69) is 34.5 Å². The van der Waals surface area contributed by atoms with Crippen molar-refractivity contribution in [3.63, 3.8) is 0 Å². The smallest absolute Gasteiger partial charge is 0.0399 e. The van der Waals surface area contributed by atoms with E-state index in [1.165, 1.54) is 17.7 Å². The molecule has 3 nitrogen and oxygen atoms in total. The third kappa shape index (κ3) is 2.17. The molecule has 3 N–H and O–H groups in total. The van der Waals surface area contributed by atoms with E-state index in [-0.39, 0.29) is 5.54 Å². The highest BCUT2D eigenvalue weighted by molar-refractivity contribution is 5.57. The Balaban J connectivity index is 1.64. The van der Waals surface area contributed by atoms with Gasteiger partial charge in [0.2, 0.25) is 0 Å². The number of nitrogens with one attached hydrogen (secondary N) is 1. The molecule has 2 heterocycles. The topological polar surface area (TPSA) is 41.3 Å². The Morgan fingerprint density at radius 1 is 1.35 bits per heavy atom. The summed E-state index contributed by atoms with van der Waals surface area (Å²) < 4.78 is 0. The molecule has 0 saturated carbocycles. The van der Waals surface area contributed by atoms with Gasteiger partial charge in [0.1, 0.15) is 0 Å². The van der Waals surface area contributed by atoms with Crippen molar-refractivity contribution >= 4 is 5.69 Å². The molecule has 0 spiro atoms. The second-order valence-corrected chi connectivity index (χ2v) is 5.40. The molecule has 0 aliphatic carbocycles. The van der Waals surface area contributed by atoms with E-state index in [9.17, 15) is 0 Å². The van der Waals surface area contributed by atoms with Crippen LogP contribution in [-0.2, 0) is 6.42 Å². The number of hydrogen-bond donors (Lipinski definition) is 2. The maximum absolute atomic E-state index is 6.37. The van der Waals surface area contributed by atoms with Crippen LogP contribution in [0.15, 0.2) is 24.3 Å². The lowest BCUT2D eigenvalue weighted by atomic mass is 9.95. The molecular formula is C14H21N3. The van der Waals surface area contributed by atoms with Gasteiger partial charge in [0.25, 0.3) is 0 Å². The number of nitrogens with zero attached hydrogens (tertiary/aromatic N) is 1. The van der Waals surface area contributed by atoms with E-state index < -0.39 is 0 Å². The summed E-state index contributed by atoms with van der Waals surface area (Å²) in [6, 6.07) is 8.74. The fraction of sp³-hybridized carbons (Fsp3) is 0.571. The van der Waals surface area contributed by atoms with Crippen LogP contribution < -0.4 is 16.0 Å². The van der Waals surface area contributed by atoms with Gasteiger partial charge in [-0.3, -0.25) is 0 Å². The van der Waals surface area contributed by atoms with Gasteiger partial charge in [-0.2, -0.15) is 0 Å². The van der Waals surface area contributed by atoms with Crippen LogP contribution in [0.5, 0.6) is 0 Å². The summed E-state index contributed by atoms with van der Waals surface area (Å²) in [5, 5.41) is 3.36. The average molecular weight is 231 g/mol. The van der Waals surface area contributed by atoms with Crippen molar-refractivity contribution < 1.29 is 0 Å². The quantitative estimate of drug-likeness (QED) is 0.819. The molecule has 1 saturated heterocycles. The van der Waals surface area contributed by atoms with Gasteiger partial charge >= 0.3 is 0 Å². The lowest BCUT2D eigenvalue weighted by Crippen LogP contribution is -2.44. The molecule has 1 unspecified atom stereocenters. The highest BCUT2D eigenvalue weighted by atomic mass is 15.1. The largest absolute Gasteiger partial charge is 0.371 e. The molecule has 3 heteroatoms. The van der Waals surface area contributed by atoms with Gasteiger partial charge in [-0.15, -0.1) is 0 Å². The normalized spacial score (nSPS) is 27.5. The summed E-state index contributed by atoms with van der Waals surface area (Å²) >= 11 is 0. The number of para-hydroxylation sites is 1. The number of benzene rings is 1. The Morgan fingerprint density at radius 2 is 2.24 bits per heavy atom. The standard InChI is InChI=1S/C14H21N3/c15-14(6-8-16-11-14)7-10-17-9-5-12-3-1-2-4-13(12)17/h1-4,16H,5-11,15H2. The molecule has 0 radical (unpaired) electrons. The fourth-order valence-corrected chi connectivity index (χ4v) is 2.97. The van der Waals surface area contributed by atoms with Crippen LogP contribution in [0.25, 0.3) is 0 Å². The van der Waals surface area contributed by atoms with E-state index in [1.807, 2.05) is 0 Å². The second kappa shape index (κ2) is 4.31. The molecule has 1 aromatic carbocycles. The molecule has 92 valence electrons.